The molecule has 0 aliphatic carbocycles. The third-order valence-electron chi connectivity index (χ3n) is 2.27. The van der Waals surface area contributed by atoms with Crippen molar-refractivity contribution in [2.75, 3.05) is 5.32 Å². The summed E-state index contributed by atoms with van der Waals surface area (Å²) in [4.78, 5) is 4.10. The van der Waals surface area contributed by atoms with E-state index in [-0.39, 0.29) is 5.82 Å². The second kappa shape index (κ2) is 5.02. The zero-order valence-corrected chi connectivity index (χ0v) is 11.3. The molecule has 0 amide bonds. The van der Waals surface area contributed by atoms with Gasteiger partial charge >= 0.3 is 0 Å². The van der Waals surface area contributed by atoms with Crippen LogP contribution in [0.2, 0.25) is 5.02 Å². The number of aryl methyl sites for hydroxylation is 1. The highest BCUT2D eigenvalue weighted by molar-refractivity contribution is 9.10. The summed E-state index contributed by atoms with van der Waals surface area (Å²) in [5.74, 6) is 0.105. The van der Waals surface area contributed by atoms with Crippen molar-refractivity contribution >= 4 is 39.0 Å². The standard InChI is InChI=1S/C12H9BrClFN2/c1-7-3-2-4-10(15)11(7)17-12-9(14)5-8(13)6-16-12/h2-6H,1H3,(H,16,17). The van der Waals surface area contributed by atoms with Gasteiger partial charge in [-0.2, -0.15) is 0 Å². The maximum Gasteiger partial charge on any atom is 0.149 e. The van der Waals surface area contributed by atoms with Crippen molar-refractivity contribution in [3.05, 3.63) is 51.3 Å². The van der Waals surface area contributed by atoms with E-state index in [1.165, 1.54) is 6.07 Å². The Morgan fingerprint density at radius 2 is 2.18 bits per heavy atom. The van der Waals surface area contributed by atoms with Crippen LogP contribution in [0.25, 0.3) is 0 Å². The fourth-order valence-electron chi connectivity index (χ4n) is 1.42. The van der Waals surface area contributed by atoms with Crippen LogP contribution in [0.5, 0.6) is 0 Å². The minimum atomic E-state index is -0.328. The highest BCUT2D eigenvalue weighted by Crippen LogP contribution is 2.28. The predicted octanol–water partition coefficient (Wildman–Crippen LogP) is 4.69. The Hall–Kier alpha value is -1.13. The fraction of sp³-hybridized carbons (Fsp3) is 0.0833. The molecule has 88 valence electrons. The van der Waals surface area contributed by atoms with Crippen molar-refractivity contribution in [1.82, 2.24) is 4.98 Å². The Balaban J connectivity index is 2.38. The zero-order chi connectivity index (χ0) is 12.4. The van der Waals surface area contributed by atoms with E-state index in [0.29, 0.717) is 16.5 Å². The number of rotatable bonds is 2. The van der Waals surface area contributed by atoms with Crippen LogP contribution in [-0.4, -0.2) is 4.98 Å². The number of benzene rings is 1. The van der Waals surface area contributed by atoms with Crippen LogP contribution in [0.15, 0.2) is 34.9 Å². The quantitative estimate of drug-likeness (QED) is 0.869. The summed E-state index contributed by atoms with van der Waals surface area (Å²) in [5, 5.41) is 3.33. The first-order chi connectivity index (χ1) is 8.08. The van der Waals surface area contributed by atoms with Gasteiger partial charge in [0.1, 0.15) is 11.6 Å². The predicted molar refractivity (Wildman–Crippen MR) is 71.4 cm³/mol. The summed E-state index contributed by atoms with van der Waals surface area (Å²) >= 11 is 9.27. The van der Waals surface area contributed by atoms with Gasteiger partial charge < -0.3 is 5.32 Å². The number of para-hydroxylation sites is 1. The summed E-state index contributed by atoms with van der Waals surface area (Å²) in [7, 11) is 0. The molecule has 0 radical (unpaired) electrons. The molecule has 17 heavy (non-hydrogen) atoms. The van der Waals surface area contributed by atoms with Crippen LogP contribution < -0.4 is 5.32 Å². The molecule has 2 rings (SSSR count). The average Bonchev–Trinajstić information content (AvgIpc) is 2.26. The van der Waals surface area contributed by atoms with E-state index in [1.54, 1.807) is 18.3 Å². The van der Waals surface area contributed by atoms with E-state index < -0.39 is 0 Å². The Kier molecular flexibility index (Phi) is 3.64. The molecule has 0 aliphatic heterocycles. The number of pyridine rings is 1. The molecule has 0 saturated carbocycles. The van der Waals surface area contributed by atoms with Crippen molar-refractivity contribution in [2.45, 2.75) is 6.92 Å². The van der Waals surface area contributed by atoms with Gasteiger partial charge in [0.15, 0.2) is 0 Å². The second-order valence-electron chi connectivity index (χ2n) is 3.54. The molecule has 1 aromatic carbocycles. The smallest absolute Gasteiger partial charge is 0.149 e. The van der Waals surface area contributed by atoms with Gasteiger partial charge in [0.2, 0.25) is 0 Å². The molecule has 1 heterocycles. The van der Waals surface area contributed by atoms with Gasteiger partial charge in [-0.05, 0) is 40.5 Å². The number of halogens is 3. The first-order valence-corrected chi connectivity index (χ1v) is 6.08. The highest BCUT2D eigenvalue weighted by atomic mass is 79.9. The molecular formula is C12H9BrClFN2. The van der Waals surface area contributed by atoms with Gasteiger partial charge in [0.25, 0.3) is 0 Å². The molecular weight excluding hydrogens is 307 g/mol. The molecule has 0 saturated heterocycles. The lowest BCUT2D eigenvalue weighted by Crippen LogP contribution is -1.99. The van der Waals surface area contributed by atoms with Crippen LogP contribution in [0, 0.1) is 12.7 Å². The molecule has 1 N–H and O–H groups in total. The topological polar surface area (TPSA) is 24.9 Å². The Morgan fingerprint density at radius 1 is 1.41 bits per heavy atom. The Morgan fingerprint density at radius 3 is 2.82 bits per heavy atom. The van der Waals surface area contributed by atoms with E-state index in [0.717, 1.165) is 10.0 Å². The summed E-state index contributed by atoms with van der Waals surface area (Å²) in [6.07, 6.45) is 1.60. The molecule has 0 unspecified atom stereocenters. The summed E-state index contributed by atoms with van der Waals surface area (Å²) in [5.41, 5.74) is 1.19. The third kappa shape index (κ3) is 2.76. The van der Waals surface area contributed by atoms with Crippen molar-refractivity contribution < 1.29 is 4.39 Å². The summed E-state index contributed by atoms with van der Waals surface area (Å²) < 4.78 is 14.4. The van der Waals surface area contributed by atoms with Crippen LogP contribution in [0.3, 0.4) is 0 Å². The molecule has 1 aromatic heterocycles. The van der Waals surface area contributed by atoms with E-state index in [9.17, 15) is 4.39 Å². The summed E-state index contributed by atoms with van der Waals surface area (Å²) in [6, 6.07) is 6.57. The molecule has 0 spiro atoms. The number of anilines is 2. The molecule has 0 atom stereocenters. The van der Waals surface area contributed by atoms with Gasteiger partial charge in [-0.15, -0.1) is 0 Å². The molecule has 2 nitrogen and oxygen atoms in total. The molecule has 0 aliphatic rings. The van der Waals surface area contributed by atoms with Gasteiger partial charge in [-0.3, -0.25) is 0 Å². The number of aromatic nitrogens is 1. The Bertz CT molecular complexity index is 540. The van der Waals surface area contributed by atoms with Crippen LogP contribution >= 0.6 is 27.5 Å². The van der Waals surface area contributed by atoms with Crippen molar-refractivity contribution in [3.63, 3.8) is 0 Å². The average molecular weight is 316 g/mol. The second-order valence-corrected chi connectivity index (χ2v) is 4.86. The van der Waals surface area contributed by atoms with Gasteiger partial charge in [-0.25, -0.2) is 9.37 Å². The van der Waals surface area contributed by atoms with E-state index in [1.807, 2.05) is 13.0 Å². The lowest BCUT2D eigenvalue weighted by Gasteiger charge is -2.11. The van der Waals surface area contributed by atoms with Gasteiger partial charge in [-0.1, -0.05) is 23.7 Å². The first-order valence-electron chi connectivity index (χ1n) is 4.91. The number of hydrogen-bond acceptors (Lipinski definition) is 2. The molecule has 5 heteroatoms. The van der Waals surface area contributed by atoms with Gasteiger partial charge in [0.05, 0.1) is 10.7 Å². The molecule has 2 aromatic rings. The van der Waals surface area contributed by atoms with Gasteiger partial charge in [0, 0.05) is 10.7 Å². The Labute approximate surface area is 112 Å². The number of nitrogens with one attached hydrogen (secondary N) is 1. The number of hydrogen-bond donors (Lipinski definition) is 1. The van der Waals surface area contributed by atoms with E-state index in [4.69, 9.17) is 11.6 Å². The lowest BCUT2D eigenvalue weighted by atomic mass is 10.2. The minimum absolute atomic E-state index is 0.328. The molecule has 0 fully saturated rings. The molecule has 0 bridgehead atoms. The zero-order valence-electron chi connectivity index (χ0n) is 8.97. The normalized spacial score (nSPS) is 10.4. The largest absolute Gasteiger partial charge is 0.336 e. The van der Waals surface area contributed by atoms with Crippen LogP contribution in [-0.2, 0) is 0 Å². The highest BCUT2D eigenvalue weighted by Gasteiger charge is 2.08. The SMILES string of the molecule is Cc1cccc(F)c1Nc1ncc(Br)cc1Cl. The monoisotopic (exact) mass is 314 g/mol. The first kappa shape index (κ1) is 12.3. The van der Waals surface area contributed by atoms with E-state index >= 15 is 0 Å². The van der Waals surface area contributed by atoms with Crippen LogP contribution in [0.1, 0.15) is 5.56 Å². The third-order valence-corrected chi connectivity index (χ3v) is 2.99. The maximum absolute atomic E-state index is 13.6. The lowest BCUT2D eigenvalue weighted by molar-refractivity contribution is 0.631. The van der Waals surface area contributed by atoms with Crippen molar-refractivity contribution in [3.8, 4) is 0 Å². The van der Waals surface area contributed by atoms with Crippen molar-refractivity contribution in [1.29, 1.82) is 0 Å². The van der Waals surface area contributed by atoms with Crippen LogP contribution in [0.4, 0.5) is 15.9 Å². The number of nitrogens with zero attached hydrogens (tertiary/aromatic N) is 1. The fourth-order valence-corrected chi connectivity index (χ4v) is 2.09. The van der Waals surface area contributed by atoms with E-state index in [2.05, 4.69) is 26.2 Å². The maximum atomic E-state index is 13.6. The van der Waals surface area contributed by atoms with Crippen molar-refractivity contribution in [2.24, 2.45) is 0 Å². The minimum Gasteiger partial charge on any atom is -0.336 e. The summed E-state index contributed by atoms with van der Waals surface area (Å²) in [6.45, 7) is 1.82.